The fourth-order valence-electron chi connectivity index (χ4n) is 2.73. The Morgan fingerprint density at radius 1 is 1.17 bits per heavy atom. The van der Waals surface area contributed by atoms with Crippen LogP contribution < -0.4 is 15.2 Å². The van der Waals surface area contributed by atoms with Gasteiger partial charge in [-0.2, -0.15) is 0 Å². The molecule has 2 rings (SSSR count). The first-order chi connectivity index (χ1) is 8.64. The van der Waals surface area contributed by atoms with Crippen LogP contribution in [0.2, 0.25) is 0 Å². The second kappa shape index (κ2) is 5.14. The van der Waals surface area contributed by atoms with Gasteiger partial charge in [0.05, 0.1) is 14.2 Å². The highest BCUT2D eigenvalue weighted by Gasteiger charge is 2.34. The van der Waals surface area contributed by atoms with Crippen LogP contribution in [0.1, 0.15) is 36.8 Å². The Kier molecular flexibility index (Phi) is 3.76. The van der Waals surface area contributed by atoms with Gasteiger partial charge < -0.3 is 15.2 Å². The van der Waals surface area contributed by atoms with Crippen molar-refractivity contribution in [3.05, 3.63) is 23.3 Å². The molecule has 100 valence electrons. The lowest BCUT2D eigenvalue weighted by Gasteiger charge is -2.27. The lowest BCUT2D eigenvalue weighted by molar-refractivity contribution is 0.363. The van der Waals surface area contributed by atoms with Crippen LogP contribution in [0, 0.1) is 0 Å². The van der Waals surface area contributed by atoms with Gasteiger partial charge in [0.1, 0.15) is 18.2 Å². The van der Waals surface area contributed by atoms with Crippen LogP contribution in [-0.4, -0.2) is 14.2 Å². The molecule has 0 aliphatic heterocycles. The molecule has 0 heterocycles. The molecule has 1 fully saturated rings. The van der Waals surface area contributed by atoms with E-state index >= 15 is 0 Å². The minimum Gasteiger partial charge on any atom is -0.496 e. The summed E-state index contributed by atoms with van der Waals surface area (Å²) in [6, 6.07) is 3.53. The molecule has 1 aliphatic carbocycles. The van der Waals surface area contributed by atoms with Gasteiger partial charge >= 0.3 is 0 Å². The van der Waals surface area contributed by atoms with Gasteiger partial charge in [0.2, 0.25) is 0 Å². The van der Waals surface area contributed by atoms with Crippen LogP contribution in [0.5, 0.6) is 11.5 Å². The maximum absolute atomic E-state index is 12.9. The number of hydrogen-bond donors (Lipinski definition) is 1. The van der Waals surface area contributed by atoms with Gasteiger partial charge in [-0.1, -0.05) is 12.8 Å². The van der Waals surface area contributed by atoms with Crippen molar-refractivity contribution in [2.24, 2.45) is 5.73 Å². The van der Waals surface area contributed by atoms with E-state index in [1.165, 1.54) is 0 Å². The van der Waals surface area contributed by atoms with E-state index in [4.69, 9.17) is 15.2 Å². The number of methoxy groups -OCH3 is 2. The summed E-state index contributed by atoms with van der Waals surface area (Å²) in [5.41, 5.74) is 7.50. The highest BCUT2D eigenvalue weighted by Crippen LogP contribution is 2.43. The molecule has 0 radical (unpaired) electrons. The van der Waals surface area contributed by atoms with Gasteiger partial charge in [0.25, 0.3) is 0 Å². The second-order valence-electron chi connectivity index (χ2n) is 4.86. The van der Waals surface area contributed by atoms with Crippen molar-refractivity contribution >= 4 is 0 Å². The zero-order valence-corrected chi connectivity index (χ0v) is 11.0. The van der Waals surface area contributed by atoms with E-state index < -0.39 is 6.67 Å². The van der Waals surface area contributed by atoms with Crippen LogP contribution in [0.15, 0.2) is 12.1 Å². The summed E-state index contributed by atoms with van der Waals surface area (Å²) in [6.45, 7) is -0.572. The van der Waals surface area contributed by atoms with Crippen molar-refractivity contribution in [2.75, 3.05) is 14.2 Å². The number of benzene rings is 1. The summed E-state index contributed by atoms with van der Waals surface area (Å²) >= 11 is 0. The molecule has 18 heavy (non-hydrogen) atoms. The predicted octanol–water partition coefficient (Wildman–Crippen LogP) is 2.90. The highest BCUT2D eigenvalue weighted by atomic mass is 19.1. The van der Waals surface area contributed by atoms with Gasteiger partial charge in [-0.05, 0) is 25.0 Å². The third-order valence-electron chi connectivity index (χ3n) is 3.78. The molecule has 1 aromatic rings. The maximum atomic E-state index is 12.9. The number of hydrogen-bond acceptors (Lipinski definition) is 3. The van der Waals surface area contributed by atoms with Gasteiger partial charge in [-0.25, -0.2) is 4.39 Å². The lowest BCUT2D eigenvalue weighted by Crippen LogP contribution is -2.33. The van der Waals surface area contributed by atoms with Crippen LogP contribution >= 0.6 is 0 Å². The Morgan fingerprint density at radius 3 is 2.28 bits per heavy atom. The van der Waals surface area contributed by atoms with Crippen molar-refractivity contribution in [1.29, 1.82) is 0 Å². The van der Waals surface area contributed by atoms with Crippen LogP contribution in [0.3, 0.4) is 0 Å². The van der Waals surface area contributed by atoms with Crippen molar-refractivity contribution in [2.45, 2.75) is 37.9 Å². The lowest BCUT2D eigenvalue weighted by atomic mass is 9.87. The molecule has 0 amide bonds. The summed E-state index contributed by atoms with van der Waals surface area (Å²) in [5.74, 6) is 1.21. The fourth-order valence-corrected chi connectivity index (χ4v) is 2.73. The fraction of sp³-hybridized carbons (Fsp3) is 0.571. The Hall–Kier alpha value is -1.29. The number of alkyl halides is 1. The van der Waals surface area contributed by atoms with Crippen LogP contribution in [-0.2, 0) is 12.2 Å². The molecule has 1 saturated carbocycles. The molecule has 0 saturated heterocycles. The molecule has 1 aliphatic rings. The first kappa shape index (κ1) is 13.1. The molecular weight excluding hydrogens is 233 g/mol. The van der Waals surface area contributed by atoms with E-state index in [2.05, 4.69) is 0 Å². The van der Waals surface area contributed by atoms with E-state index in [1.807, 2.05) is 6.07 Å². The quantitative estimate of drug-likeness (QED) is 0.897. The summed E-state index contributed by atoms with van der Waals surface area (Å²) < 4.78 is 23.5. The molecule has 1 aromatic carbocycles. The third-order valence-corrected chi connectivity index (χ3v) is 3.78. The van der Waals surface area contributed by atoms with E-state index in [0.29, 0.717) is 17.1 Å². The Labute approximate surface area is 107 Å². The number of halogens is 1. The Balaban J connectivity index is 2.51. The molecule has 0 atom stereocenters. The summed E-state index contributed by atoms with van der Waals surface area (Å²) in [5, 5.41) is 0. The zero-order valence-electron chi connectivity index (χ0n) is 11.0. The zero-order chi connectivity index (χ0) is 13.2. The van der Waals surface area contributed by atoms with Crippen LogP contribution in [0.25, 0.3) is 0 Å². The van der Waals surface area contributed by atoms with Gasteiger partial charge in [0, 0.05) is 16.7 Å². The molecule has 0 bridgehead atoms. The smallest absolute Gasteiger partial charge is 0.125 e. The summed E-state index contributed by atoms with van der Waals surface area (Å²) in [7, 11) is 3.13. The molecule has 2 N–H and O–H groups in total. The third kappa shape index (κ3) is 2.17. The number of rotatable bonds is 4. The van der Waals surface area contributed by atoms with Gasteiger partial charge in [0.15, 0.2) is 0 Å². The molecule has 4 heteroatoms. The molecule has 0 unspecified atom stereocenters. The van der Waals surface area contributed by atoms with Crippen molar-refractivity contribution < 1.29 is 13.9 Å². The highest BCUT2D eigenvalue weighted by molar-refractivity contribution is 5.49. The van der Waals surface area contributed by atoms with Crippen LogP contribution in [0.4, 0.5) is 4.39 Å². The molecule has 0 aromatic heterocycles. The maximum Gasteiger partial charge on any atom is 0.125 e. The van der Waals surface area contributed by atoms with Gasteiger partial charge in [-0.3, -0.25) is 0 Å². The molecule has 3 nitrogen and oxygen atoms in total. The van der Waals surface area contributed by atoms with Crippen molar-refractivity contribution in [3.63, 3.8) is 0 Å². The predicted molar refractivity (Wildman–Crippen MR) is 68.7 cm³/mol. The average Bonchev–Trinajstić information content (AvgIpc) is 2.85. The standard InChI is InChI=1S/C14H20FNO2/c1-17-12-8-11(14(16)5-3-4-6-14)13(18-2)7-10(12)9-15/h7-8H,3-6,9,16H2,1-2H3. The minimum atomic E-state index is -0.572. The van der Waals surface area contributed by atoms with E-state index in [0.717, 1.165) is 31.2 Å². The SMILES string of the molecule is COc1cc(C2(N)CCCC2)c(OC)cc1CF. The first-order valence-electron chi connectivity index (χ1n) is 6.25. The van der Waals surface area contributed by atoms with Crippen molar-refractivity contribution in [3.8, 4) is 11.5 Å². The minimum absolute atomic E-state index is 0.368. The van der Waals surface area contributed by atoms with E-state index in [-0.39, 0.29) is 5.54 Å². The number of ether oxygens (including phenoxy) is 2. The topological polar surface area (TPSA) is 44.5 Å². The van der Waals surface area contributed by atoms with Crippen molar-refractivity contribution in [1.82, 2.24) is 0 Å². The molecule has 0 spiro atoms. The molecular formula is C14H20FNO2. The van der Waals surface area contributed by atoms with E-state index in [9.17, 15) is 4.39 Å². The van der Waals surface area contributed by atoms with E-state index in [1.54, 1.807) is 20.3 Å². The largest absolute Gasteiger partial charge is 0.496 e. The summed E-state index contributed by atoms with van der Waals surface area (Å²) in [6.07, 6.45) is 4.10. The first-order valence-corrected chi connectivity index (χ1v) is 6.25. The van der Waals surface area contributed by atoms with Gasteiger partial charge in [-0.15, -0.1) is 0 Å². The number of nitrogens with two attached hydrogens (primary N) is 1. The monoisotopic (exact) mass is 253 g/mol. The average molecular weight is 253 g/mol. The summed E-state index contributed by atoms with van der Waals surface area (Å²) in [4.78, 5) is 0. The normalized spacial score (nSPS) is 17.8. The second-order valence-corrected chi connectivity index (χ2v) is 4.86. The Bertz CT molecular complexity index is 428. The Morgan fingerprint density at radius 2 is 1.78 bits per heavy atom.